The Labute approximate surface area is 197 Å². The summed E-state index contributed by atoms with van der Waals surface area (Å²) in [7, 11) is 0. The van der Waals surface area contributed by atoms with Crippen LogP contribution in [0.5, 0.6) is 5.75 Å². The zero-order valence-corrected chi connectivity index (χ0v) is 19.6. The van der Waals surface area contributed by atoms with E-state index < -0.39 is 17.7 Å². The molecule has 0 radical (unpaired) electrons. The fourth-order valence-corrected chi connectivity index (χ4v) is 4.72. The highest BCUT2D eigenvalue weighted by atomic mass is 32.1. The maximum atomic E-state index is 13.1. The molecule has 6 nitrogen and oxygen atoms in total. The van der Waals surface area contributed by atoms with E-state index >= 15 is 0 Å². The smallest absolute Gasteiger partial charge is 0.295 e. The van der Waals surface area contributed by atoms with Gasteiger partial charge in [0.25, 0.3) is 11.7 Å². The van der Waals surface area contributed by atoms with Crippen molar-refractivity contribution >= 4 is 28.8 Å². The number of ether oxygens (including phenoxy) is 1. The Morgan fingerprint density at radius 3 is 2.67 bits per heavy atom. The van der Waals surface area contributed by atoms with Crippen molar-refractivity contribution < 1.29 is 19.4 Å². The van der Waals surface area contributed by atoms with Crippen LogP contribution in [0, 0.1) is 12.8 Å². The van der Waals surface area contributed by atoms with E-state index in [9.17, 15) is 14.7 Å². The van der Waals surface area contributed by atoms with E-state index in [0.29, 0.717) is 23.8 Å². The topological polar surface area (TPSA) is 79.7 Å². The van der Waals surface area contributed by atoms with E-state index in [-0.39, 0.29) is 17.9 Å². The molecule has 7 heteroatoms. The highest BCUT2D eigenvalue weighted by Gasteiger charge is 2.46. The summed E-state index contributed by atoms with van der Waals surface area (Å²) in [5, 5.41) is 13.2. The van der Waals surface area contributed by atoms with E-state index in [1.807, 2.05) is 36.6 Å². The standard InChI is InChI=1S/C26H26N2O4S/c1-16(2)15-32-19-8-9-20(17(3)12-19)24(29)22-23(21-7-5-11-33-21)28(26(31)25(22)30)14-18-6-4-10-27-13-18/h4-13,16,23,29H,14-15H2,1-3H3/t23-/m1/s1. The number of benzene rings is 1. The van der Waals surface area contributed by atoms with Crippen molar-refractivity contribution in [2.75, 3.05) is 6.61 Å². The number of hydrogen-bond acceptors (Lipinski definition) is 6. The summed E-state index contributed by atoms with van der Waals surface area (Å²) in [5.74, 6) is -0.402. The zero-order chi connectivity index (χ0) is 23.5. The van der Waals surface area contributed by atoms with Gasteiger partial charge in [-0.3, -0.25) is 14.6 Å². The van der Waals surface area contributed by atoms with Gasteiger partial charge in [0.1, 0.15) is 11.5 Å². The van der Waals surface area contributed by atoms with E-state index in [4.69, 9.17) is 4.74 Å². The van der Waals surface area contributed by atoms with Gasteiger partial charge in [0.15, 0.2) is 0 Å². The van der Waals surface area contributed by atoms with Crippen LogP contribution in [0.15, 0.2) is 65.8 Å². The largest absolute Gasteiger partial charge is 0.507 e. The van der Waals surface area contributed by atoms with Gasteiger partial charge >= 0.3 is 0 Å². The van der Waals surface area contributed by atoms with Crippen molar-refractivity contribution in [3.05, 3.63) is 87.4 Å². The molecule has 1 aliphatic heterocycles. The van der Waals surface area contributed by atoms with Gasteiger partial charge in [-0.25, -0.2) is 0 Å². The van der Waals surface area contributed by atoms with Gasteiger partial charge in [-0.1, -0.05) is 26.0 Å². The monoisotopic (exact) mass is 462 g/mol. The Morgan fingerprint density at radius 2 is 2.03 bits per heavy atom. The van der Waals surface area contributed by atoms with Crippen LogP contribution < -0.4 is 4.74 Å². The van der Waals surface area contributed by atoms with Crippen molar-refractivity contribution in [2.24, 2.45) is 5.92 Å². The molecule has 170 valence electrons. The molecule has 0 saturated carbocycles. The summed E-state index contributed by atoms with van der Waals surface area (Å²) >= 11 is 1.44. The summed E-state index contributed by atoms with van der Waals surface area (Å²) in [6, 6.07) is 12.1. The third-order valence-corrected chi connectivity index (χ3v) is 6.39. The van der Waals surface area contributed by atoms with Crippen LogP contribution in [0.25, 0.3) is 5.76 Å². The molecule has 1 aromatic carbocycles. The molecule has 1 aliphatic rings. The van der Waals surface area contributed by atoms with Gasteiger partial charge < -0.3 is 14.7 Å². The molecule has 1 atom stereocenters. The van der Waals surface area contributed by atoms with Crippen LogP contribution in [0.2, 0.25) is 0 Å². The van der Waals surface area contributed by atoms with Gasteiger partial charge in [-0.15, -0.1) is 11.3 Å². The van der Waals surface area contributed by atoms with Gasteiger partial charge in [-0.05, 0) is 59.7 Å². The SMILES string of the molecule is Cc1cc(OCC(C)C)ccc1C(O)=C1C(=O)C(=O)N(Cc2cccnc2)[C@@H]1c1cccs1. The predicted octanol–water partition coefficient (Wildman–Crippen LogP) is 5.11. The number of rotatable bonds is 7. The molecule has 0 bridgehead atoms. The third-order valence-electron chi connectivity index (χ3n) is 5.46. The number of aromatic nitrogens is 1. The number of nitrogens with zero attached hydrogens (tertiary/aromatic N) is 2. The molecule has 1 saturated heterocycles. The molecule has 3 heterocycles. The first-order valence-corrected chi connectivity index (χ1v) is 11.7. The normalized spacial score (nSPS) is 17.7. The Bertz CT molecular complexity index is 1190. The maximum Gasteiger partial charge on any atom is 0.295 e. The van der Waals surface area contributed by atoms with E-state index in [1.54, 1.807) is 30.6 Å². The molecule has 4 rings (SSSR count). The second-order valence-electron chi connectivity index (χ2n) is 8.49. The molecular formula is C26H26N2O4S. The Morgan fingerprint density at radius 1 is 1.21 bits per heavy atom. The molecule has 2 aromatic heterocycles. The van der Waals surface area contributed by atoms with E-state index in [2.05, 4.69) is 18.8 Å². The number of thiophene rings is 1. The van der Waals surface area contributed by atoms with Gasteiger partial charge in [0.2, 0.25) is 0 Å². The van der Waals surface area contributed by atoms with Crippen molar-refractivity contribution in [1.82, 2.24) is 9.88 Å². The van der Waals surface area contributed by atoms with Gasteiger partial charge in [-0.2, -0.15) is 0 Å². The number of Topliss-reactive ketones (excluding diaryl/α,β-unsaturated/α-hetero) is 1. The second-order valence-corrected chi connectivity index (χ2v) is 9.46. The average molecular weight is 463 g/mol. The summed E-state index contributed by atoms with van der Waals surface area (Å²) in [4.78, 5) is 32.6. The number of aliphatic hydroxyl groups excluding tert-OH is 1. The van der Waals surface area contributed by atoms with Gasteiger partial charge in [0.05, 0.1) is 18.2 Å². The van der Waals surface area contributed by atoms with Crippen LogP contribution in [-0.2, 0) is 16.1 Å². The predicted molar refractivity (Wildman–Crippen MR) is 128 cm³/mol. The Balaban J connectivity index is 1.76. The van der Waals surface area contributed by atoms with Crippen molar-refractivity contribution in [3.63, 3.8) is 0 Å². The molecule has 1 amide bonds. The number of aryl methyl sites for hydroxylation is 1. The number of carbonyl (C=O) groups is 2. The quantitative estimate of drug-likeness (QED) is 0.300. The molecule has 33 heavy (non-hydrogen) atoms. The van der Waals surface area contributed by atoms with Crippen LogP contribution in [-0.4, -0.2) is 33.3 Å². The molecule has 1 fully saturated rings. The lowest BCUT2D eigenvalue weighted by Gasteiger charge is -2.24. The van der Waals surface area contributed by atoms with Crippen LogP contribution in [0.4, 0.5) is 0 Å². The first-order chi connectivity index (χ1) is 15.9. The average Bonchev–Trinajstić information content (AvgIpc) is 3.41. The minimum atomic E-state index is -0.686. The van der Waals surface area contributed by atoms with Crippen molar-refractivity contribution in [3.8, 4) is 5.75 Å². The molecule has 0 unspecified atom stereocenters. The zero-order valence-electron chi connectivity index (χ0n) is 18.8. The highest BCUT2D eigenvalue weighted by Crippen LogP contribution is 2.42. The lowest BCUT2D eigenvalue weighted by Crippen LogP contribution is -2.28. The van der Waals surface area contributed by atoms with Crippen LogP contribution in [0.3, 0.4) is 0 Å². The van der Waals surface area contributed by atoms with Gasteiger partial charge in [0, 0.05) is 29.4 Å². The number of pyridine rings is 1. The minimum absolute atomic E-state index is 0.102. The minimum Gasteiger partial charge on any atom is -0.507 e. The first-order valence-electron chi connectivity index (χ1n) is 10.8. The van der Waals surface area contributed by atoms with Crippen LogP contribution >= 0.6 is 11.3 Å². The summed E-state index contributed by atoms with van der Waals surface area (Å²) in [5.41, 5.74) is 2.18. The maximum absolute atomic E-state index is 13.1. The first kappa shape index (κ1) is 22.7. The Kier molecular flexibility index (Phi) is 6.60. The fraction of sp³-hybridized carbons (Fsp3) is 0.269. The summed E-state index contributed by atoms with van der Waals surface area (Å²) in [6.07, 6.45) is 3.33. The number of ketones is 1. The summed E-state index contributed by atoms with van der Waals surface area (Å²) < 4.78 is 5.78. The Hall–Kier alpha value is -3.45. The van der Waals surface area contributed by atoms with Crippen molar-refractivity contribution in [2.45, 2.75) is 33.4 Å². The number of hydrogen-bond donors (Lipinski definition) is 1. The highest BCUT2D eigenvalue weighted by molar-refractivity contribution is 7.10. The molecule has 0 spiro atoms. The number of carbonyl (C=O) groups excluding carboxylic acids is 2. The number of likely N-dealkylation sites (tertiary alicyclic amines) is 1. The summed E-state index contributed by atoms with van der Waals surface area (Å²) in [6.45, 7) is 6.80. The molecular weight excluding hydrogens is 436 g/mol. The molecule has 3 aromatic rings. The lowest BCUT2D eigenvalue weighted by atomic mass is 9.97. The number of amides is 1. The second kappa shape index (κ2) is 9.58. The third kappa shape index (κ3) is 4.68. The molecule has 0 aliphatic carbocycles. The number of aliphatic hydroxyl groups is 1. The van der Waals surface area contributed by atoms with Crippen molar-refractivity contribution in [1.29, 1.82) is 0 Å². The van der Waals surface area contributed by atoms with Crippen LogP contribution in [0.1, 0.15) is 41.5 Å². The lowest BCUT2D eigenvalue weighted by molar-refractivity contribution is -0.140. The molecule has 1 N–H and O–H groups in total. The fourth-order valence-electron chi connectivity index (χ4n) is 3.87. The van der Waals surface area contributed by atoms with E-state index in [0.717, 1.165) is 16.0 Å². The van der Waals surface area contributed by atoms with E-state index in [1.165, 1.54) is 16.2 Å².